The molecular weight excluding hydrogens is 653 g/mol. The number of rotatable bonds is 7. The van der Waals surface area contributed by atoms with Gasteiger partial charge in [-0.05, 0) is 87.6 Å². The van der Waals surface area contributed by atoms with E-state index in [4.69, 9.17) is 0 Å². The van der Waals surface area contributed by atoms with Crippen LogP contribution in [0.2, 0.25) is 0 Å². The van der Waals surface area contributed by atoms with Gasteiger partial charge in [-0.25, -0.2) is 0 Å². The van der Waals surface area contributed by atoms with Gasteiger partial charge in [-0.1, -0.05) is 164 Å². The van der Waals surface area contributed by atoms with E-state index in [0.717, 1.165) is 33.9 Å². The van der Waals surface area contributed by atoms with Crippen molar-refractivity contribution in [2.75, 3.05) is 4.90 Å². The van der Waals surface area contributed by atoms with Gasteiger partial charge in [0.15, 0.2) is 0 Å². The Labute approximate surface area is 315 Å². The second kappa shape index (κ2) is 13.4. The molecule has 54 heavy (non-hydrogen) atoms. The summed E-state index contributed by atoms with van der Waals surface area (Å²) in [5, 5.41) is 5.00. The summed E-state index contributed by atoms with van der Waals surface area (Å²) in [5.41, 5.74) is 13.9. The maximum absolute atomic E-state index is 2.43. The van der Waals surface area contributed by atoms with E-state index in [1.807, 2.05) is 0 Å². The molecule has 10 aromatic rings. The molecule has 0 radical (unpaired) electrons. The monoisotopic (exact) mass is 688 g/mol. The van der Waals surface area contributed by atoms with Gasteiger partial charge >= 0.3 is 0 Å². The van der Waals surface area contributed by atoms with Gasteiger partial charge in [-0.3, -0.25) is 0 Å². The van der Waals surface area contributed by atoms with Gasteiger partial charge in [0.1, 0.15) is 0 Å². The van der Waals surface area contributed by atoms with Crippen molar-refractivity contribution in [2.45, 2.75) is 0 Å². The molecule has 0 saturated heterocycles. The minimum Gasteiger partial charge on any atom is -0.310 e. The lowest BCUT2D eigenvalue weighted by atomic mass is 9.98. The van der Waals surface area contributed by atoms with Gasteiger partial charge in [0.05, 0.1) is 22.4 Å². The van der Waals surface area contributed by atoms with Crippen LogP contribution in [0.25, 0.3) is 71.6 Å². The zero-order chi connectivity index (χ0) is 35.8. The summed E-state index contributed by atoms with van der Waals surface area (Å²) in [7, 11) is 0. The van der Waals surface area contributed by atoms with Crippen LogP contribution in [0, 0.1) is 0 Å². The van der Waals surface area contributed by atoms with Gasteiger partial charge in [0.2, 0.25) is 0 Å². The van der Waals surface area contributed by atoms with Crippen molar-refractivity contribution in [3.8, 4) is 39.1 Å². The van der Waals surface area contributed by atoms with E-state index in [1.165, 1.54) is 54.8 Å². The van der Waals surface area contributed by atoms with E-state index in [1.54, 1.807) is 0 Å². The second-order valence-electron chi connectivity index (χ2n) is 13.8. The third kappa shape index (κ3) is 5.53. The van der Waals surface area contributed by atoms with E-state index in [0.29, 0.717) is 0 Å². The van der Waals surface area contributed by atoms with Crippen LogP contribution in [0.5, 0.6) is 0 Å². The average molecular weight is 689 g/mol. The molecule has 0 aliphatic heterocycles. The maximum atomic E-state index is 2.43. The van der Waals surface area contributed by atoms with Crippen molar-refractivity contribution in [3.05, 3.63) is 218 Å². The number of hydrogen-bond donors (Lipinski definition) is 0. The minimum absolute atomic E-state index is 1.09. The lowest BCUT2D eigenvalue weighted by molar-refractivity contribution is 1.18. The molecule has 0 atom stereocenters. The normalized spacial score (nSPS) is 11.3. The number of fused-ring (bicyclic) bond motifs is 4. The molecule has 0 aliphatic rings. The van der Waals surface area contributed by atoms with E-state index in [9.17, 15) is 0 Å². The Hall–Kier alpha value is -7.16. The summed E-state index contributed by atoms with van der Waals surface area (Å²) in [6.07, 6.45) is 0. The number of para-hydroxylation sites is 4. The van der Waals surface area contributed by atoms with Crippen molar-refractivity contribution in [2.24, 2.45) is 0 Å². The lowest BCUT2D eigenvalue weighted by Crippen LogP contribution is -2.11. The van der Waals surface area contributed by atoms with Crippen LogP contribution in [-0.2, 0) is 0 Å². The lowest BCUT2D eigenvalue weighted by Gasteiger charge is -2.29. The third-order valence-corrected chi connectivity index (χ3v) is 10.6. The standard InChI is InChI=1S/C52H36N2/c1-2-15-37(16-3-1)41-19-14-20-44(36-41)53(43-33-31-39(32-34-43)42-30-29-38-17-4-5-18-40(38)35-42)49-25-10-6-21-45(49)46-22-7-11-26-50(46)54-51-27-12-8-23-47(51)48-24-9-13-28-52(48)54/h1-36H. The quantitative estimate of drug-likeness (QED) is 0.162. The van der Waals surface area contributed by atoms with E-state index in [-0.39, 0.29) is 0 Å². The molecule has 0 spiro atoms. The molecule has 0 saturated carbocycles. The Morgan fingerprint density at radius 1 is 0.315 bits per heavy atom. The smallest absolute Gasteiger partial charge is 0.0541 e. The summed E-state index contributed by atoms with van der Waals surface area (Å²) in [5.74, 6) is 0. The molecule has 1 aromatic heterocycles. The van der Waals surface area contributed by atoms with Crippen molar-refractivity contribution in [3.63, 3.8) is 0 Å². The van der Waals surface area contributed by atoms with Gasteiger partial charge in [0, 0.05) is 33.3 Å². The molecule has 0 fully saturated rings. The van der Waals surface area contributed by atoms with E-state index < -0.39 is 0 Å². The molecule has 10 rings (SSSR count). The van der Waals surface area contributed by atoms with Gasteiger partial charge in [0.25, 0.3) is 0 Å². The highest BCUT2D eigenvalue weighted by molar-refractivity contribution is 6.10. The van der Waals surface area contributed by atoms with Crippen LogP contribution < -0.4 is 4.90 Å². The highest BCUT2D eigenvalue weighted by Gasteiger charge is 2.21. The molecule has 254 valence electrons. The number of benzene rings is 9. The van der Waals surface area contributed by atoms with Gasteiger partial charge < -0.3 is 9.47 Å². The highest BCUT2D eigenvalue weighted by Crippen LogP contribution is 2.45. The zero-order valence-corrected chi connectivity index (χ0v) is 29.7. The van der Waals surface area contributed by atoms with Gasteiger partial charge in [-0.2, -0.15) is 0 Å². The second-order valence-corrected chi connectivity index (χ2v) is 13.8. The molecule has 0 unspecified atom stereocenters. The number of anilines is 3. The van der Waals surface area contributed by atoms with Gasteiger partial charge in [-0.15, -0.1) is 0 Å². The molecular formula is C52H36N2. The molecule has 0 amide bonds. The molecule has 1 heterocycles. The van der Waals surface area contributed by atoms with Crippen molar-refractivity contribution < 1.29 is 0 Å². The van der Waals surface area contributed by atoms with Crippen molar-refractivity contribution in [1.29, 1.82) is 0 Å². The Bertz CT molecular complexity index is 2880. The predicted octanol–water partition coefficient (Wildman–Crippen LogP) is 14.4. The zero-order valence-electron chi connectivity index (χ0n) is 29.7. The van der Waals surface area contributed by atoms with E-state index >= 15 is 0 Å². The van der Waals surface area contributed by atoms with Crippen LogP contribution >= 0.6 is 0 Å². The fraction of sp³-hybridized carbons (Fsp3) is 0. The first-order valence-electron chi connectivity index (χ1n) is 18.5. The first kappa shape index (κ1) is 31.6. The first-order chi connectivity index (χ1) is 26.8. The van der Waals surface area contributed by atoms with Crippen LogP contribution in [0.15, 0.2) is 218 Å². The fourth-order valence-electron chi connectivity index (χ4n) is 8.03. The summed E-state index contributed by atoms with van der Waals surface area (Å²) in [6.45, 7) is 0. The summed E-state index contributed by atoms with van der Waals surface area (Å²) >= 11 is 0. The van der Waals surface area contributed by atoms with Crippen LogP contribution in [-0.4, -0.2) is 4.57 Å². The Kier molecular flexibility index (Phi) is 7.85. The summed E-state index contributed by atoms with van der Waals surface area (Å²) in [4.78, 5) is 2.41. The largest absolute Gasteiger partial charge is 0.310 e. The Morgan fingerprint density at radius 3 is 1.65 bits per heavy atom. The van der Waals surface area contributed by atoms with Crippen molar-refractivity contribution in [1.82, 2.24) is 4.57 Å². The number of nitrogens with zero attached hydrogens (tertiary/aromatic N) is 2. The number of hydrogen-bond acceptors (Lipinski definition) is 1. The molecule has 9 aromatic carbocycles. The predicted molar refractivity (Wildman–Crippen MR) is 229 cm³/mol. The molecule has 0 N–H and O–H groups in total. The minimum atomic E-state index is 1.09. The molecule has 0 aliphatic carbocycles. The van der Waals surface area contributed by atoms with Crippen molar-refractivity contribution >= 4 is 49.6 Å². The SMILES string of the molecule is c1ccc(-c2cccc(N(c3ccc(-c4ccc5ccccc5c4)cc3)c3ccccc3-c3ccccc3-n3c4ccccc4c4ccccc43)c2)cc1. The first-order valence-corrected chi connectivity index (χ1v) is 18.5. The molecule has 2 heteroatoms. The Balaban J connectivity index is 1.16. The third-order valence-electron chi connectivity index (χ3n) is 10.6. The average Bonchev–Trinajstić information content (AvgIpc) is 3.59. The van der Waals surface area contributed by atoms with Crippen LogP contribution in [0.1, 0.15) is 0 Å². The molecule has 0 bridgehead atoms. The highest BCUT2D eigenvalue weighted by atomic mass is 15.1. The topological polar surface area (TPSA) is 8.17 Å². The van der Waals surface area contributed by atoms with Crippen LogP contribution in [0.4, 0.5) is 17.1 Å². The molecule has 2 nitrogen and oxygen atoms in total. The van der Waals surface area contributed by atoms with Crippen LogP contribution in [0.3, 0.4) is 0 Å². The summed E-state index contributed by atoms with van der Waals surface area (Å²) < 4.78 is 2.43. The Morgan fingerprint density at radius 2 is 0.870 bits per heavy atom. The summed E-state index contributed by atoms with van der Waals surface area (Å²) in [6, 6.07) is 78.9. The van der Waals surface area contributed by atoms with E-state index in [2.05, 4.69) is 228 Å². The number of aromatic nitrogens is 1. The maximum Gasteiger partial charge on any atom is 0.0541 e. The fourth-order valence-corrected chi connectivity index (χ4v) is 8.03.